The molecule has 1 aliphatic rings. The first-order valence-electron chi connectivity index (χ1n) is 8.03. The Morgan fingerprint density at radius 3 is 2.90 bits per heavy atom. The van der Waals surface area contributed by atoms with Crippen LogP contribution >= 0.6 is 0 Å². The average molecular weight is 290 g/mol. The van der Waals surface area contributed by atoms with Crippen molar-refractivity contribution >= 4 is 5.91 Å². The lowest BCUT2D eigenvalue weighted by molar-refractivity contribution is 0.0949. The van der Waals surface area contributed by atoms with Gasteiger partial charge < -0.3 is 15.0 Å². The minimum Gasteiger partial charge on any atom is -0.494 e. The predicted molar refractivity (Wildman–Crippen MR) is 84.9 cm³/mol. The Morgan fingerprint density at radius 1 is 1.33 bits per heavy atom. The lowest BCUT2D eigenvalue weighted by Crippen LogP contribution is -2.33. The Labute approximate surface area is 127 Å². The fourth-order valence-electron chi connectivity index (χ4n) is 2.50. The van der Waals surface area contributed by atoms with Crippen molar-refractivity contribution in [3.8, 4) is 5.75 Å². The maximum absolute atomic E-state index is 12.1. The maximum Gasteiger partial charge on any atom is 0.251 e. The SMILES string of the molecule is CCCCOc1cccc(C(=O)NCCN2CCCC2)c1. The van der Waals surface area contributed by atoms with Gasteiger partial charge in [0.15, 0.2) is 0 Å². The molecular formula is C17H26N2O2. The molecule has 0 saturated carbocycles. The van der Waals surface area contributed by atoms with Crippen molar-refractivity contribution in [2.24, 2.45) is 0 Å². The lowest BCUT2D eigenvalue weighted by atomic mass is 10.2. The molecule has 1 fully saturated rings. The molecule has 116 valence electrons. The van der Waals surface area contributed by atoms with Crippen molar-refractivity contribution in [2.45, 2.75) is 32.6 Å². The third-order valence-corrected chi connectivity index (χ3v) is 3.78. The molecule has 0 aromatic heterocycles. The second kappa shape index (κ2) is 8.67. The summed E-state index contributed by atoms with van der Waals surface area (Å²) in [5, 5.41) is 2.98. The molecule has 1 aromatic rings. The quantitative estimate of drug-likeness (QED) is 0.748. The molecule has 4 heteroatoms. The third-order valence-electron chi connectivity index (χ3n) is 3.78. The van der Waals surface area contributed by atoms with Crippen LogP contribution in [-0.2, 0) is 0 Å². The highest BCUT2D eigenvalue weighted by molar-refractivity contribution is 5.94. The number of nitrogens with zero attached hydrogens (tertiary/aromatic N) is 1. The molecule has 21 heavy (non-hydrogen) atoms. The second-order valence-electron chi connectivity index (χ2n) is 5.53. The van der Waals surface area contributed by atoms with Gasteiger partial charge in [-0.3, -0.25) is 4.79 Å². The minimum atomic E-state index is -0.0184. The van der Waals surface area contributed by atoms with Crippen LogP contribution in [-0.4, -0.2) is 43.6 Å². The lowest BCUT2D eigenvalue weighted by Gasteiger charge is -2.14. The van der Waals surface area contributed by atoms with Crippen molar-refractivity contribution in [1.82, 2.24) is 10.2 Å². The number of hydrogen-bond acceptors (Lipinski definition) is 3. The van der Waals surface area contributed by atoms with Crippen molar-refractivity contribution in [2.75, 3.05) is 32.8 Å². The van der Waals surface area contributed by atoms with E-state index in [9.17, 15) is 4.79 Å². The molecule has 1 N–H and O–H groups in total. The van der Waals surface area contributed by atoms with Gasteiger partial charge in [-0.1, -0.05) is 19.4 Å². The Balaban J connectivity index is 1.76. The van der Waals surface area contributed by atoms with Gasteiger partial charge in [0.1, 0.15) is 5.75 Å². The Kier molecular flexibility index (Phi) is 6.54. The summed E-state index contributed by atoms with van der Waals surface area (Å²) in [5.41, 5.74) is 0.672. The van der Waals surface area contributed by atoms with Gasteiger partial charge in [0.25, 0.3) is 5.91 Å². The zero-order valence-corrected chi connectivity index (χ0v) is 12.9. The first-order chi connectivity index (χ1) is 10.3. The summed E-state index contributed by atoms with van der Waals surface area (Å²) in [6.45, 7) is 6.82. The van der Waals surface area contributed by atoms with Gasteiger partial charge in [0, 0.05) is 18.7 Å². The van der Waals surface area contributed by atoms with Gasteiger partial charge in [0.05, 0.1) is 6.61 Å². The van der Waals surface area contributed by atoms with Gasteiger partial charge in [-0.2, -0.15) is 0 Å². The standard InChI is InChI=1S/C17H26N2O2/c1-2-3-13-21-16-8-6-7-15(14-16)17(20)18-9-12-19-10-4-5-11-19/h6-8,14H,2-5,9-13H2,1H3,(H,18,20). The maximum atomic E-state index is 12.1. The summed E-state index contributed by atoms with van der Waals surface area (Å²) in [4.78, 5) is 14.5. The van der Waals surface area contributed by atoms with Crippen LogP contribution in [0.4, 0.5) is 0 Å². The number of nitrogens with one attached hydrogen (secondary N) is 1. The molecule has 0 spiro atoms. The van der Waals surface area contributed by atoms with Gasteiger partial charge in [-0.25, -0.2) is 0 Å². The van der Waals surface area contributed by atoms with Crippen LogP contribution in [0.2, 0.25) is 0 Å². The van der Waals surface area contributed by atoms with E-state index in [1.165, 1.54) is 12.8 Å². The molecule has 0 radical (unpaired) electrons. The Bertz CT molecular complexity index is 442. The molecule has 1 heterocycles. The van der Waals surface area contributed by atoms with Gasteiger partial charge in [-0.15, -0.1) is 0 Å². The first kappa shape index (κ1) is 15.8. The number of unbranched alkanes of at least 4 members (excludes halogenated alkanes) is 1. The zero-order valence-electron chi connectivity index (χ0n) is 12.9. The van der Waals surface area contributed by atoms with Crippen LogP contribution in [0.25, 0.3) is 0 Å². The molecule has 1 saturated heterocycles. The molecule has 1 amide bonds. The average Bonchev–Trinajstić information content (AvgIpc) is 3.01. The Hall–Kier alpha value is -1.55. The highest BCUT2D eigenvalue weighted by atomic mass is 16.5. The van der Waals surface area contributed by atoms with E-state index in [1.807, 2.05) is 24.3 Å². The van der Waals surface area contributed by atoms with E-state index >= 15 is 0 Å². The van der Waals surface area contributed by atoms with Gasteiger partial charge in [0.2, 0.25) is 0 Å². The summed E-state index contributed by atoms with van der Waals surface area (Å²) in [7, 11) is 0. The van der Waals surface area contributed by atoms with Gasteiger partial charge in [-0.05, 0) is 50.6 Å². The molecular weight excluding hydrogens is 264 g/mol. The van der Waals surface area contributed by atoms with Crippen molar-refractivity contribution in [3.05, 3.63) is 29.8 Å². The van der Waals surface area contributed by atoms with E-state index in [0.717, 1.165) is 38.2 Å². The summed E-state index contributed by atoms with van der Waals surface area (Å²) in [5.74, 6) is 0.755. The van der Waals surface area contributed by atoms with Crippen LogP contribution in [0.15, 0.2) is 24.3 Å². The van der Waals surface area contributed by atoms with Gasteiger partial charge >= 0.3 is 0 Å². The summed E-state index contributed by atoms with van der Waals surface area (Å²) >= 11 is 0. The third kappa shape index (κ3) is 5.38. The minimum absolute atomic E-state index is 0.0184. The largest absolute Gasteiger partial charge is 0.494 e. The molecule has 1 aliphatic heterocycles. The summed E-state index contributed by atoms with van der Waals surface area (Å²) in [6, 6.07) is 7.42. The molecule has 0 unspecified atom stereocenters. The summed E-state index contributed by atoms with van der Waals surface area (Å²) in [6.07, 6.45) is 4.71. The first-order valence-corrected chi connectivity index (χ1v) is 8.03. The molecule has 0 aliphatic carbocycles. The van der Waals surface area contributed by atoms with Crippen LogP contribution in [0.5, 0.6) is 5.75 Å². The second-order valence-corrected chi connectivity index (χ2v) is 5.53. The van der Waals surface area contributed by atoms with E-state index in [-0.39, 0.29) is 5.91 Å². The van der Waals surface area contributed by atoms with Crippen molar-refractivity contribution in [3.63, 3.8) is 0 Å². The topological polar surface area (TPSA) is 41.6 Å². The monoisotopic (exact) mass is 290 g/mol. The number of benzene rings is 1. The predicted octanol–water partition coefficient (Wildman–Crippen LogP) is 2.69. The normalized spacial score (nSPS) is 15.1. The molecule has 0 atom stereocenters. The molecule has 0 bridgehead atoms. The molecule has 1 aromatic carbocycles. The summed E-state index contributed by atoms with van der Waals surface area (Å²) < 4.78 is 5.63. The van der Waals surface area contributed by atoms with Crippen LogP contribution in [0.1, 0.15) is 43.0 Å². The number of amides is 1. The number of carbonyl (C=O) groups is 1. The number of rotatable bonds is 8. The Morgan fingerprint density at radius 2 is 2.14 bits per heavy atom. The highest BCUT2D eigenvalue weighted by Crippen LogP contribution is 2.14. The van der Waals surface area contributed by atoms with Crippen molar-refractivity contribution < 1.29 is 9.53 Å². The number of carbonyl (C=O) groups excluding carboxylic acids is 1. The smallest absolute Gasteiger partial charge is 0.251 e. The fourth-order valence-corrected chi connectivity index (χ4v) is 2.50. The van der Waals surface area contributed by atoms with Crippen LogP contribution in [0.3, 0.4) is 0 Å². The number of hydrogen-bond donors (Lipinski definition) is 1. The van der Waals surface area contributed by atoms with E-state index in [1.54, 1.807) is 0 Å². The fraction of sp³-hybridized carbons (Fsp3) is 0.588. The van der Waals surface area contributed by atoms with Crippen molar-refractivity contribution in [1.29, 1.82) is 0 Å². The number of ether oxygens (including phenoxy) is 1. The molecule has 4 nitrogen and oxygen atoms in total. The molecule has 2 rings (SSSR count). The van der Waals surface area contributed by atoms with Crippen LogP contribution < -0.4 is 10.1 Å². The van der Waals surface area contributed by atoms with E-state index < -0.39 is 0 Å². The van der Waals surface area contributed by atoms with Crippen LogP contribution in [0, 0.1) is 0 Å². The van der Waals surface area contributed by atoms with E-state index in [0.29, 0.717) is 18.7 Å². The zero-order chi connectivity index (χ0) is 14.9. The number of likely N-dealkylation sites (tertiary alicyclic amines) is 1. The highest BCUT2D eigenvalue weighted by Gasteiger charge is 2.12. The van der Waals surface area contributed by atoms with E-state index in [2.05, 4.69) is 17.1 Å². The van der Waals surface area contributed by atoms with E-state index in [4.69, 9.17) is 4.74 Å².